The maximum absolute atomic E-state index is 14.5. The van der Waals surface area contributed by atoms with Gasteiger partial charge in [-0.25, -0.2) is 23.7 Å². The molecule has 158 valence electrons. The Morgan fingerprint density at radius 2 is 2.07 bits per heavy atom. The highest BCUT2D eigenvalue weighted by Crippen LogP contribution is 2.46. The molecule has 2 heterocycles. The van der Waals surface area contributed by atoms with Crippen molar-refractivity contribution in [2.75, 3.05) is 5.32 Å². The number of halogens is 2. The highest BCUT2D eigenvalue weighted by molar-refractivity contribution is 5.79. The summed E-state index contributed by atoms with van der Waals surface area (Å²) >= 11 is 0. The standard InChI is InChI=1S/C21H23F2N5O2/c1-10(22)7-13-14(8-25-18(13)24-2)19-26-9-15(23)20(28-19)27-17-12-5-3-11(4-6-12)16(17)21(29)30/h7-9,11-12,16-17,25H,2-6H2,1H3,(H,29,30)(H,26,27,28)/b10-7+/t11?,12?,16-,17-/m0/s1. The summed E-state index contributed by atoms with van der Waals surface area (Å²) in [7, 11) is 0. The fourth-order valence-electron chi connectivity index (χ4n) is 4.85. The summed E-state index contributed by atoms with van der Waals surface area (Å²) in [5.41, 5.74) is 0.847. The van der Waals surface area contributed by atoms with Crippen LogP contribution in [0.25, 0.3) is 17.5 Å². The monoisotopic (exact) mass is 415 g/mol. The molecule has 0 aliphatic heterocycles. The van der Waals surface area contributed by atoms with Crippen LogP contribution in [0.3, 0.4) is 0 Å². The van der Waals surface area contributed by atoms with Crippen LogP contribution < -0.4 is 5.32 Å². The highest BCUT2D eigenvalue weighted by Gasteiger charge is 2.47. The highest BCUT2D eigenvalue weighted by atomic mass is 19.1. The van der Waals surface area contributed by atoms with Crippen molar-refractivity contribution in [3.8, 4) is 11.4 Å². The molecule has 0 amide bonds. The van der Waals surface area contributed by atoms with E-state index >= 15 is 0 Å². The molecule has 0 radical (unpaired) electrons. The first kappa shape index (κ1) is 20.2. The van der Waals surface area contributed by atoms with Gasteiger partial charge in [0.05, 0.1) is 17.9 Å². The van der Waals surface area contributed by atoms with Gasteiger partial charge in [0.15, 0.2) is 17.5 Å². The number of fused-ring (bicyclic) bond motifs is 3. The number of aliphatic imine (C=N–C) groups is 1. The second-order valence-electron chi connectivity index (χ2n) is 7.95. The van der Waals surface area contributed by atoms with Gasteiger partial charge in [-0.1, -0.05) is 0 Å². The van der Waals surface area contributed by atoms with Crippen LogP contribution >= 0.6 is 0 Å². The van der Waals surface area contributed by atoms with Gasteiger partial charge in [0.25, 0.3) is 0 Å². The number of allylic oxidation sites excluding steroid dienone is 1. The van der Waals surface area contributed by atoms with Crippen molar-refractivity contribution in [3.05, 3.63) is 29.6 Å². The maximum atomic E-state index is 14.5. The zero-order chi connectivity index (χ0) is 21.4. The molecule has 7 nitrogen and oxygen atoms in total. The fourth-order valence-corrected chi connectivity index (χ4v) is 4.85. The molecule has 2 bridgehead atoms. The smallest absolute Gasteiger partial charge is 0.308 e. The summed E-state index contributed by atoms with van der Waals surface area (Å²) in [6.07, 6.45) is 7.47. The SMILES string of the molecule is C=Nc1[nH]cc(-c2ncc(F)c(N[C@H]3C4CCC(CC4)[C@@H]3C(=O)O)n2)c1/C=C(\C)F. The average Bonchev–Trinajstić information content (AvgIpc) is 3.12. The van der Waals surface area contributed by atoms with Gasteiger partial charge in [-0.2, -0.15) is 0 Å². The van der Waals surface area contributed by atoms with Gasteiger partial charge < -0.3 is 15.4 Å². The lowest BCUT2D eigenvalue weighted by atomic mass is 9.61. The van der Waals surface area contributed by atoms with E-state index in [1.807, 2.05) is 0 Å². The first-order valence-corrected chi connectivity index (χ1v) is 9.93. The number of anilines is 1. The first-order chi connectivity index (χ1) is 14.4. The van der Waals surface area contributed by atoms with Gasteiger partial charge in [0.1, 0.15) is 5.82 Å². The second kappa shape index (κ2) is 7.97. The molecule has 0 saturated heterocycles. The Hall–Kier alpha value is -3.10. The molecule has 9 heteroatoms. The van der Waals surface area contributed by atoms with Crippen molar-refractivity contribution >= 4 is 30.4 Å². The van der Waals surface area contributed by atoms with Crippen LogP contribution in [0.4, 0.5) is 20.4 Å². The minimum absolute atomic E-state index is 0.0509. The third kappa shape index (κ3) is 3.59. The predicted molar refractivity (Wildman–Crippen MR) is 110 cm³/mol. The van der Waals surface area contributed by atoms with Gasteiger partial charge >= 0.3 is 5.97 Å². The number of aliphatic carboxylic acids is 1. The van der Waals surface area contributed by atoms with Crippen LogP contribution in [-0.4, -0.2) is 38.8 Å². The second-order valence-corrected chi connectivity index (χ2v) is 7.95. The Bertz CT molecular complexity index is 1010. The number of aromatic nitrogens is 3. The van der Waals surface area contributed by atoms with Crippen molar-refractivity contribution < 1.29 is 18.7 Å². The molecule has 2 atom stereocenters. The van der Waals surface area contributed by atoms with E-state index in [0.717, 1.165) is 31.9 Å². The van der Waals surface area contributed by atoms with Crippen LogP contribution in [-0.2, 0) is 4.79 Å². The Morgan fingerprint density at radius 3 is 2.70 bits per heavy atom. The molecule has 3 saturated carbocycles. The van der Waals surface area contributed by atoms with E-state index in [4.69, 9.17) is 0 Å². The number of nitrogens with zero attached hydrogens (tertiary/aromatic N) is 3. The van der Waals surface area contributed by atoms with Crippen molar-refractivity contribution in [2.24, 2.45) is 22.7 Å². The minimum Gasteiger partial charge on any atom is -0.481 e. The number of carboxylic acids is 1. The topological polar surface area (TPSA) is 103 Å². The molecule has 0 unspecified atom stereocenters. The quantitative estimate of drug-likeness (QED) is 0.600. The number of rotatable bonds is 6. The number of hydrogen-bond donors (Lipinski definition) is 3. The van der Waals surface area contributed by atoms with Crippen LogP contribution in [0.2, 0.25) is 0 Å². The van der Waals surface area contributed by atoms with E-state index in [1.54, 1.807) is 6.20 Å². The molecular formula is C21H23F2N5O2. The molecule has 0 aromatic carbocycles. The van der Waals surface area contributed by atoms with Crippen molar-refractivity contribution in [2.45, 2.75) is 38.6 Å². The summed E-state index contributed by atoms with van der Waals surface area (Å²) in [4.78, 5) is 26.9. The van der Waals surface area contributed by atoms with Crippen LogP contribution in [0.1, 0.15) is 38.2 Å². The predicted octanol–water partition coefficient (Wildman–Crippen LogP) is 4.57. The number of aromatic amines is 1. The Kier molecular flexibility index (Phi) is 5.36. The van der Waals surface area contributed by atoms with Crippen LogP contribution in [0, 0.1) is 23.6 Å². The minimum atomic E-state index is -0.866. The number of carbonyl (C=O) groups is 1. The molecule has 2 aromatic heterocycles. The Morgan fingerprint density at radius 1 is 1.37 bits per heavy atom. The molecule has 3 aliphatic rings. The van der Waals surface area contributed by atoms with Gasteiger partial charge in [-0.05, 0) is 57.2 Å². The van der Waals surface area contributed by atoms with Crippen molar-refractivity contribution in [1.82, 2.24) is 15.0 Å². The molecule has 0 spiro atoms. The van der Waals surface area contributed by atoms with Gasteiger partial charge in [0, 0.05) is 23.4 Å². The van der Waals surface area contributed by atoms with E-state index in [1.165, 1.54) is 13.0 Å². The van der Waals surface area contributed by atoms with Gasteiger partial charge in [0.2, 0.25) is 0 Å². The van der Waals surface area contributed by atoms with E-state index in [2.05, 4.69) is 32.0 Å². The maximum Gasteiger partial charge on any atom is 0.308 e. The molecule has 3 N–H and O–H groups in total. The van der Waals surface area contributed by atoms with Crippen LogP contribution in [0.15, 0.2) is 23.2 Å². The van der Waals surface area contributed by atoms with Crippen LogP contribution in [0.5, 0.6) is 0 Å². The molecule has 2 aromatic rings. The molecular weight excluding hydrogens is 392 g/mol. The third-order valence-corrected chi connectivity index (χ3v) is 6.19. The number of nitrogens with one attached hydrogen (secondary N) is 2. The largest absolute Gasteiger partial charge is 0.481 e. The summed E-state index contributed by atoms with van der Waals surface area (Å²) in [5, 5.41) is 12.8. The lowest BCUT2D eigenvalue weighted by Crippen LogP contribution is -2.51. The summed E-state index contributed by atoms with van der Waals surface area (Å²) in [6.45, 7) is 4.76. The zero-order valence-electron chi connectivity index (χ0n) is 16.5. The molecule has 5 rings (SSSR count). The van der Waals surface area contributed by atoms with Crippen molar-refractivity contribution in [3.63, 3.8) is 0 Å². The fraction of sp³-hybridized carbons (Fsp3) is 0.429. The lowest BCUT2D eigenvalue weighted by molar-refractivity contribution is -0.148. The zero-order valence-corrected chi connectivity index (χ0v) is 16.5. The van der Waals surface area contributed by atoms with E-state index < -0.39 is 29.6 Å². The van der Waals surface area contributed by atoms with Gasteiger partial charge in [-0.3, -0.25) is 4.79 Å². The third-order valence-electron chi connectivity index (χ3n) is 6.19. The summed E-state index contributed by atoms with van der Waals surface area (Å²) in [6, 6.07) is -0.392. The van der Waals surface area contributed by atoms with Crippen molar-refractivity contribution in [1.29, 1.82) is 0 Å². The van der Waals surface area contributed by atoms with E-state index in [9.17, 15) is 18.7 Å². The normalized spacial score (nSPS) is 25.9. The number of H-pyrrole nitrogens is 1. The van der Waals surface area contributed by atoms with Gasteiger partial charge in [-0.15, -0.1) is 0 Å². The average molecular weight is 415 g/mol. The lowest BCUT2D eigenvalue weighted by Gasteiger charge is -2.47. The summed E-state index contributed by atoms with van der Waals surface area (Å²) < 4.78 is 28.1. The molecule has 3 aliphatic carbocycles. The number of hydrogen-bond acceptors (Lipinski definition) is 5. The Balaban J connectivity index is 1.70. The molecule has 3 fully saturated rings. The van der Waals surface area contributed by atoms with E-state index in [-0.39, 0.29) is 23.5 Å². The molecule has 30 heavy (non-hydrogen) atoms. The summed E-state index contributed by atoms with van der Waals surface area (Å²) in [5.74, 6) is -1.84. The first-order valence-electron chi connectivity index (χ1n) is 9.93. The Labute approximate surface area is 172 Å². The van der Waals surface area contributed by atoms with E-state index in [0.29, 0.717) is 16.9 Å². The number of carboxylic acid groups (broad SMARTS) is 1.